The third-order valence-electron chi connectivity index (χ3n) is 1.53. The molecule has 0 bridgehead atoms. The maximum atomic E-state index is 12.1. The van der Waals surface area contributed by atoms with Gasteiger partial charge in [0, 0.05) is 0 Å². The summed E-state index contributed by atoms with van der Waals surface area (Å²) in [6.07, 6.45) is 0. The molecule has 1 atom stereocenters. The molecule has 0 radical (unpaired) electrons. The van der Waals surface area contributed by atoms with Gasteiger partial charge in [0.2, 0.25) is 0 Å². The van der Waals surface area contributed by atoms with E-state index in [1.807, 2.05) is 21.1 Å². The Hall–Kier alpha value is 1.15. The molecule has 0 spiro atoms. The van der Waals surface area contributed by atoms with Crippen LogP contribution in [-0.4, -0.2) is 55.9 Å². The van der Waals surface area contributed by atoms with Gasteiger partial charge in [-0.05, 0) is 25.2 Å². The first-order valence-corrected chi connectivity index (χ1v) is 8.31. The summed E-state index contributed by atoms with van der Waals surface area (Å²) in [5.41, 5.74) is -0.760. The first-order chi connectivity index (χ1) is 7.22. The topological polar surface area (TPSA) is 55.8 Å². The van der Waals surface area contributed by atoms with E-state index in [2.05, 4.69) is 0 Å². The second kappa shape index (κ2) is 9.12. The van der Waals surface area contributed by atoms with Gasteiger partial charge in [0.25, 0.3) is 0 Å². The summed E-state index contributed by atoms with van der Waals surface area (Å²) in [4.78, 5) is 0. The van der Waals surface area contributed by atoms with Crippen molar-refractivity contribution >= 4 is 18.2 Å². The van der Waals surface area contributed by atoms with E-state index in [1.165, 1.54) is 0 Å². The zero-order valence-electron chi connectivity index (χ0n) is 11.1. The quantitative estimate of drug-likeness (QED) is 0.244. The zero-order valence-corrected chi connectivity index (χ0v) is 14.9. The molecule has 0 amide bonds. The highest BCUT2D eigenvalue weighted by Gasteiger charge is 2.31. The van der Waals surface area contributed by atoms with Crippen LogP contribution in [0.2, 0.25) is 0 Å². The smallest absolute Gasteiger partial charge is 0.391 e. The largest absolute Gasteiger partial charge is 1.00 e. The minimum absolute atomic E-state index is 0. The van der Waals surface area contributed by atoms with Crippen molar-refractivity contribution in [3.63, 3.8) is 0 Å². The second-order valence-corrected chi connectivity index (χ2v) is 8.46. The Balaban J connectivity index is 0. The molecule has 0 aromatic heterocycles. The molecule has 0 heterocycles. The number of aliphatic hydroxyl groups is 1. The minimum Gasteiger partial charge on any atom is -1.00 e. The molecular weight excluding hydrogens is 376 g/mol. The van der Waals surface area contributed by atoms with Crippen molar-refractivity contribution in [2.75, 3.05) is 40.9 Å². The van der Waals surface area contributed by atoms with Gasteiger partial charge in [-0.3, -0.25) is 0 Å². The molecule has 1 N–H and O–H groups in total. The minimum atomic E-state index is -3.20. The van der Waals surface area contributed by atoms with Crippen LogP contribution in [0.3, 0.4) is 0 Å². The Kier molecular flexibility index (Phi) is 11.0. The highest BCUT2D eigenvalue weighted by molar-refractivity contribution is 8.55. The first kappa shape index (κ1) is 20.5. The monoisotopic (exact) mass is 399 g/mol. The van der Waals surface area contributed by atoms with Gasteiger partial charge in [-0.15, -0.1) is 0 Å². The van der Waals surface area contributed by atoms with Crippen molar-refractivity contribution in [2.24, 2.45) is 0 Å². The Bertz CT molecular complexity index is 240. The van der Waals surface area contributed by atoms with Crippen molar-refractivity contribution in [3.05, 3.63) is 0 Å². The van der Waals surface area contributed by atoms with E-state index < -0.39 is 12.2 Å². The van der Waals surface area contributed by atoms with Crippen LogP contribution < -0.4 is 24.0 Å². The van der Waals surface area contributed by atoms with Crippen LogP contribution >= 0.6 is 18.2 Å². The van der Waals surface area contributed by atoms with Gasteiger partial charge in [0.15, 0.2) is 5.44 Å². The molecule has 8 heteroatoms. The molecule has 0 aliphatic carbocycles. The van der Waals surface area contributed by atoms with E-state index in [-0.39, 0.29) is 24.0 Å². The van der Waals surface area contributed by atoms with E-state index in [4.69, 9.17) is 9.05 Å². The Morgan fingerprint density at radius 2 is 1.65 bits per heavy atom. The molecule has 0 rings (SSSR count). The number of hydrogen-bond acceptors (Lipinski definition) is 5. The molecule has 1 unspecified atom stereocenters. The maximum absolute atomic E-state index is 12.1. The van der Waals surface area contributed by atoms with Crippen molar-refractivity contribution in [2.45, 2.75) is 19.3 Å². The summed E-state index contributed by atoms with van der Waals surface area (Å²) in [7, 11) is 5.86. The van der Waals surface area contributed by atoms with Gasteiger partial charge >= 0.3 is 6.80 Å². The molecule has 0 saturated heterocycles. The second-order valence-electron chi connectivity index (χ2n) is 4.32. The number of halogens is 1. The van der Waals surface area contributed by atoms with Crippen molar-refractivity contribution in [1.82, 2.24) is 0 Å². The number of likely N-dealkylation sites (N-methyl/N-ethyl adjacent to an activating group) is 1. The number of rotatable bonds is 8. The van der Waals surface area contributed by atoms with Gasteiger partial charge in [-0.25, -0.2) is 4.57 Å². The number of nitrogens with zero attached hydrogens (tertiary/aromatic N) is 1. The van der Waals surface area contributed by atoms with Crippen LogP contribution in [0.1, 0.15) is 13.8 Å². The Morgan fingerprint density at radius 3 is 1.94 bits per heavy atom. The molecule has 0 aliphatic rings. The van der Waals surface area contributed by atoms with E-state index in [0.717, 1.165) is 11.4 Å². The van der Waals surface area contributed by atoms with E-state index in [1.54, 1.807) is 13.8 Å². The van der Waals surface area contributed by atoms with Gasteiger partial charge < -0.3 is 42.6 Å². The average Bonchev–Trinajstić information content (AvgIpc) is 1.99. The lowest BCUT2D eigenvalue weighted by Crippen LogP contribution is -3.00. The Morgan fingerprint density at radius 1 is 1.24 bits per heavy atom. The standard InChI is InChI=1S/C9H23NO4PS.HI/c1-6-13-15(12,14-7-2)16-9(11)8-10(3,4)5;/h9,11H,6-8H2,1-5H3;1H/q+1;/p-1. The molecule has 0 aromatic rings. The van der Waals surface area contributed by atoms with Crippen LogP contribution in [0.5, 0.6) is 0 Å². The predicted octanol–water partition coefficient (Wildman–Crippen LogP) is -1.07. The summed E-state index contributed by atoms with van der Waals surface area (Å²) in [5, 5.41) is 9.79. The highest BCUT2D eigenvalue weighted by atomic mass is 127. The fraction of sp³-hybridized carbons (Fsp3) is 1.00. The number of hydrogen-bond donors (Lipinski definition) is 1. The lowest BCUT2D eigenvalue weighted by atomic mass is 10.5. The average molecular weight is 399 g/mol. The summed E-state index contributed by atoms with van der Waals surface area (Å²) in [5.74, 6) is 0. The molecule has 5 nitrogen and oxygen atoms in total. The van der Waals surface area contributed by atoms with E-state index in [0.29, 0.717) is 24.2 Å². The fourth-order valence-corrected chi connectivity index (χ4v) is 4.80. The number of aliphatic hydroxyl groups excluding tert-OH is 1. The maximum Gasteiger partial charge on any atom is 0.391 e. The van der Waals surface area contributed by atoms with Crippen LogP contribution in [0, 0.1) is 0 Å². The van der Waals surface area contributed by atoms with Crippen molar-refractivity contribution < 1.29 is 47.2 Å². The van der Waals surface area contributed by atoms with Gasteiger partial charge in [-0.1, -0.05) is 0 Å². The van der Waals surface area contributed by atoms with E-state index >= 15 is 0 Å². The lowest BCUT2D eigenvalue weighted by Gasteiger charge is -2.27. The molecule has 0 aromatic carbocycles. The van der Waals surface area contributed by atoms with Crippen LogP contribution in [-0.2, 0) is 13.6 Å². The molecule has 0 saturated carbocycles. The zero-order chi connectivity index (χ0) is 12.8. The molecular formula is C9H23INO4PS. The predicted molar refractivity (Wildman–Crippen MR) is 67.4 cm³/mol. The Labute approximate surface area is 125 Å². The first-order valence-electron chi connectivity index (χ1n) is 5.28. The summed E-state index contributed by atoms with van der Waals surface area (Å²) in [6, 6.07) is 0. The van der Waals surface area contributed by atoms with Crippen molar-refractivity contribution in [3.8, 4) is 0 Å². The van der Waals surface area contributed by atoms with E-state index in [9.17, 15) is 9.67 Å². The normalized spacial score (nSPS) is 14.2. The van der Waals surface area contributed by atoms with Crippen LogP contribution in [0.15, 0.2) is 0 Å². The highest BCUT2D eigenvalue weighted by Crippen LogP contribution is 2.61. The number of quaternary nitrogens is 1. The molecule has 106 valence electrons. The summed E-state index contributed by atoms with van der Waals surface area (Å²) in [6.45, 7) is 1.39. The molecule has 0 aliphatic heterocycles. The van der Waals surface area contributed by atoms with Crippen molar-refractivity contribution in [1.29, 1.82) is 0 Å². The summed E-state index contributed by atoms with van der Waals surface area (Å²) < 4.78 is 22.8. The molecule has 17 heavy (non-hydrogen) atoms. The van der Waals surface area contributed by atoms with Crippen LogP contribution in [0.4, 0.5) is 0 Å². The summed E-state index contributed by atoms with van der Waals surface area (Å²) >= 11 is 0.874. The fourth-order valence-electron chi connectivity index (χ4n) is 1.07. The van der Waals surface area contributed by atoms with Gasteiger partial charge in [0.05, 0.1) is 34.4 Å². The van der Waals surface area contributed by atoms with Crippen LogP contribution in [0.25, 0.3) is 0 Å². The SMILES string of the molecule is CCOP(=O)(OCC)SC(O)C[N+](C)(C)C.[I-]. The molecule has 0 fully saturated rings. The third-order valence-corrected chi connectivity index (χ3v) is 5.47. The lowest BCUT2D eigenvalue weighted by molar-refractivity contribution is -0.871. The third kappa shape index (κ3) is 10.7. The van der Waals surface area contributed by atoms with Gasteiger partial charge in [-0.2, -0.15) is 0 Å². The van der Waals surface area contributed by atoms with Gasteiger partial charge in [0.1, 0.15) is 6.54 Å².